The van der Waals surface area contributed by atoms with Crippen LogP contribution in [0.3, 0.4) is 0 Å². The van der Waals surface area contributed by atoms with Gasteiger partial charge in [-0.05, 0) is 24.1 Å². The van der Waals surface area contributed by atoms with Crippen LogP contribution in [-0.4, -0.2) is 21.9 Å². The van der Waals surface area contributed by atoms with Crippen LogP contribution in [0.4, 0.5) is 0 Å². The maximum Gasteiger partial charge on any atom is 0.230 e. The molecule has 2 aromatic rings. The first-order chi connectivity index (χ1) is 10.7. The Morgan fingerprint density at radius 3 is 2.55 bits per heavy atom. The summed E-state index contributed by atoms with van der Waals surface area (Å²) in [6, 6.07) is 14.1. The molecule has 22 heavy (non-hydrogen) atoms. The Balaban J connectivity index is 2.21. The molecule has 0 aliphatic heterocycles. The SMILES string of the molecule is C=CCN(Cc1cccn1C)C(=O)C(CC)c1ccccc1. The topological polar surface area (TPSA) is 25.2 Å². The minimum Gasteiger partial charge on any atom is -0.353 e. The van der Waals surface area contributed by atoms with Crippen molar-refractivity contribution in [1.82, 2.24) is 9.47 Å². The molecule has 3 nitrogen and oxygen atoms in total. The van der Waals surface area contributed by atoms with Gasteiger partial charge >= 0.3 is 0 Å². The van der Waals surface area contributed by atoms with Gasteiger partial charge in [-0.1, -0.05) is 43.3 Å². The smallest absolute Gasteiger partial charge is 0.230 e. The van der Waals surface area contributed by atoms with E-state index < -0.39 is 0 Å². The number of hydrogen-bond acceptors (Lipinski definition) is 1. The van der Waals surface area contributed by atoms with Gasteiger partial charge in [0.15, 0.2) is 0 Å². The highest BCUT2D eigenvalue weighted by atomic mass is 16.2. The Morgan fingerprint density at radius 2 is 2.00 bits per heavy atom. The summed E-state index contributed by atoms with van der Waals surface area (Å²) in [7, 11) is 2.00. The summed E-state index contributed by atoms with van der Waals surface area (Å²) < 4.78 is 2.05. The average molecular weight is 296 g/mol. The number of carbonyl (C=O) groups is 1. The van der Waals surface area contributed by atoms with Crippen LogP contribution in [0.2, 0.25) is 0 Å². The van der Waals surface area contributed by atoms with Gasteiger partial charge in [0.25, 0.3) is 0 Å². The third kappa shape index (κ3) is 3.67. The van der Waals surface area contributed by atoms with Gasteiger partial charge in [-0.2, -0.15) is 0 Å². The van der Waals surface area contributed by atoms with E-state index in [1.165, 1.54) is 0 Å². The van der Waals surface area contributed by atoms with Crippen molar-refractivity contribution in [2.45, 2.75) is 25.8 Å². The molecule has 0 N–H and O–H groups in total. The third-order valence-electron chi connectivity index (χ3n) is 3.97. The summed E-state index contributed by atoms with van der Waals surface area (Å²) in [5, 5.41) is 0. The normalized spacial score (nSPS) is 11.9. The zero-order valence-corrected chi connectivity index (χ0v) is 13.4. The van der Waals surface area contributed by atoms with Crippen molar-refractivity contribution >= 4 is 5.91 Å². The van der Waals surface area contributed by atoms with Crippen molar-refractivity contribution in [1.29, 1.82) is 0 Å². The fourth-order valence-corrected chi connectivity index (χ4v) is 2.70. The number of amides is 1. The van der Waals surface area contributed by atoms with Crippen LogP contribution >= 0.6 is 0 Å². The molecule has 0 saturated carbocycles. The lowest BCUT2D eigenvalue weighted by molar-refractivity contribution is -0.133. The highest BCUT2D eigenvalue weighted by molar-refractivity contribution is 5.83. The van der Waals surface area contributed by atoms with Crippen LogP contribution in [-0.2, 0) is 18.4 Å². The average Bonchev–Trinajstić information content (AvgIpc) is 2.94. The second-order valence-corrected chi connectivity index (χ2v) is 5.49. The number of hydrogen-bond donors (Lipinski definition) is 0. The van der Waals surface area contributed by atoms with E-state index in [1.54, 1.807) is 6.08 Å². The summed E-state index contributed by atoms with van der Waals surface area (Å²) in [5.74, 6) is 0.0659. The molecule has 1 aromatic heterocycles. The summed E-state index contributed by atoms with van der Waals surface area (Å²) in [6.45, 7) is 7.02. The molecule has 1 amide bonds. The van der Waals surface area contributed by atoms with Gasteiger partial charge in [0, 0.05) is 25.5 Å². The monoisotopic (exact) mass is 296 g/mol. The number of carbonyl (C=O) groups excluding carboxylic acids is 1. The van der Waals surface area contributed by atoms with E-state index in [9.17, 15) is 4.79 Å². The van der Waals surface area contributed by atoms with Gasteiger partial charge in [-0.15, -0.1) is 6.58 Å². The van der Waals surface area contributed by atoms with Crippen molar-refractivity contribution in [3.63, 3.8) is 0 Å². The molecule has 0 spiro atoms. The zero-order valence-electron chi connectivity index (χ0n) is 13.4. The fraction of sp³-hybridized carbons (Fsp3) is 0.316. The van der Waals surface area contributed by atoms with E-state index in [2.05, 4.69) is 13.5 Å². The molecule has 2 rings (SSSR count). The minimum absolute atomic E-state index is 0.0959. The Bertz CT molecular complexity index is 615. The van der Waals surface area contributed by atoms with Gasteiger partial charge in [0.1, 0.15) is 0 Å². The molecule has 0 radical (unpaired) electrons. The Labute approximate surface area is 132 Å². The molecule has 1 heterocycles. The van der Waals surface area contributed by atoms with Gasteiger partial charge in [-0.25, -0.2) is 0 Å². The predicted octanol–water partition coefficient (Wildman–Crippen LogP) is 3.73. The number of aryl methyl sites for hydroxylation is 1. The molecule has 116 valence electrons. The second-order valence-electron chi connectivity index (χ2n) is 5.49. The Morgan fingerprint density at radius 1 is 1.27 bits per heavy atom. The molecule has 0 aliphatic carbocycles. The van der Waals surface area contributed by atoms with Gasteiger partial charge in [0.2, 0.25) is 5.91 Å². The molecule has 3 heteroatoms. The van der Waals surface area contributed by atoms with Crippen molar-refractivity contribution in [3.05, 3.63) is 72.6 Å². The molecule has 1 unspecified atom stereocenters. The molecule has 1 atom stereocenters. The lowest BCUT2D eigenvalue weighted by Crippen LogP contribution is -2.35. The highest BCUT2D eigenvalue weighted by Gasteiger charge is 2.24. The highest BCUT2D eigenvalue weighted by Crippen LogP contribution is 2.23. The van der Waals surface area contributed by atoms with Crippen LogP contribution in [0, 0.1) is 0 Å². The molecular formula is C19H24N2O. The van der Waals surface area contributed by atoms with E-state index >= 15 is 0 Å². The molecular weight excluding hydrogens is 272 g/mol. The molecule has 0 aliphatic rings. The van der Waals surface area contributed by atoms with Gasteiger partial charge in [-0.3, -0.25) is 4.79 Å². The number of rotatable bonds is 7. The molecule has 1 aromatic carbocycles. The van der Waals surface area contributed by atoms with E-state index in [1.807, 2.05) is 65.2 Å². The molecule has 0 fully saturated rings. The van der Waals surface area contributed by atoms with E-state index in [0.29, 0.717) is 13.1 Å². The van der Waals surface area contributed by atoms with Crippen LogP contribution in [0.5, 0.6) is 0 Å². The lowest BCUT2D eigenvalue weighted by atomic mass is 9.95. The van der Waals surface area contributed by atoms with Crippen LogP contribution in [0.1, 0.15) is 30.5 Å². The summed E-state index contributed by atoms with van der Waals surface area (Å²) in [5.41, 5.74) is 2.20. The first-order valence-electron chi connectivity index (χ1n) is 7.72. The number of aromatic nitrogens is 1. The second kappa shape index (κ2) is 7.64. The largest absolute Gasteiger partial charge is 0.353 e. The third-order valence-corrected chi connectivity index (χ3v) is 3.97. The first kappa shape index (κ1) is 16.1. The Kier molecular flexibility index (Phi) is 5.59. The maximum atomic E-state index is 13.0. The van der Waals surface area contributed by atoms with E-state index in [4.69, 9.17) is 0 Å². The van der Waals surface area contributed by atoms with Gasteiger partial charge in [0.05, 0.1) is 12.5 Å². The van der Waals surface area contributed by atoms with Crippen molar-refractivity contribution in [2.75, 3.05) is 6.54 Å². The minimum atomic E-state index is -0.0959. The van der Waals surface area contributed by atoms with Crippen LogP contribution in [0.25, 0.3) is 0 Å². The van der Waals surface area contributed by atoms with E-state index in [0.717, 1.165) is 17.7 Å². The van der Waals surface area contributed by atoms with Crippen molar-refractivity contribution in [3.8, 4) is 0 Å². The van der Waals surface area contributed by atoms with E-state index in [-0.39, 0.29) is 11.8 Å². The summed E-state index contributed by atoms with van der Waals surface area (Å²) in [4.78, 5) is 14.8. The van der Waals surface area contributed by atoms with Crippen LogP contribution in [0.15, 0.2) is 61.3 Å². The summed E-state index contributed by atoms with van der Waals surface area (Å²) in [6.07, 6.45) is 4.59. The standard InChI is InChI=1S/C19H24N2O/c1-4-13-21(15-17-12-9-14-20(17)3)19(22)18(5-2)16-10-7-6-8-11-16/h4,6-12,14,18H,1,5,13,15H2,2-3H3. The van der Waals surface area contributed by atoms with Crippen molar-refractivity contribution < 1.29 is 4.79 Å². The Hall–Kier alpha value is -2.29. The number of benzene rings is 1. The molecule has 0 bridgehead atoms. The maximum absolute atomic E-state index is 13.0. The number of nitrogens with zero attached hydrogens (tertiary/aromatic N) is 2. The molecule has 0 saturated heterocycles. The summed E-state index contributed by atoms with van der Waals surface area (Å²) >= 11 is 0. The zero-order chi connectivity index (χ0) is 15.9. The first-order valence-corrected chi connectivity index (χ1v) is 7.72. The van der Waals surface area contributed by atoms with Crippen LogP contribution < -0.4 is 0 Å². The van der Waals surface area contributed by atoms with Gasteiger partial charge < -0.3 is 9.47 Å². The lowest BCUT2D eigenvalue weighted by Gasteiger charge is -2.26. The fourth-order valence-electron chi connectivity index (χ4n) is 2.70. The predicted molar refractivity (Wildman–Crippen MR) is 90.5 cm³/mol. The van der Waals surface area contributed by atoms with Crippen molar-refractivity contribution in [2.24, 2.45) is 7.05 Å². The quantitative estimate of drug-likeness (QED) is 0.715.